The molecule has 0 aromatic carbocycles. The Bertz CT molecular complexity index is 540. The fourth-order valence-corrected chi connectivity index (χ4v) is 9.32. The van der Waals surface area contributed by atoms with Gasteiger partial charge in [-0.2, -0.15) is 0 Å². The summed E-state index contributed by atoms with van der Waals surface area (Å²) in [5, 5.41) is 0. The van der Waals surface area contributed by atoms with Crippen molar-refractivity contribution in [2.24, 2.45) is 58.0 Å². The van der Waals surface area contributed by atoms with Gasteiger partial charge in [0.15, 0.2) is 0 Å². The van der Waals surface area contributed by atoms with Gasteiger partial charge in [-0.3, -0.25) is 0 Å². The molecule has 0 saturated heterocycles. The summed E-state index contributed by atoms with van der Waals surface area (Å²) in [6.07, 6.45) is 17.5. The van der Waals surface area contributed by atoms with Crippen molar-refractivity contribution in [3.63, 3.8) is 0 Å². The van der Waals surface area contributed by atoms with Crippen molar-refractivity contribution in [3.8, 4) is 0 Å². The molecule has 4 fully saturated rings. The Labute approximate surface area is 176 Å². The summed E-state index contributed by atoms with van der Waals surface area (Å²) in [5.74, 6) is 6.79. The van der Waals surface area contributed by atoms with Crippen LogP contribution >= 0.6 is 0 Å². The lowest BCUT2D eigenvalue weighted by molar-refractivity contribution is -0.116. The highest BCUT2D eigenvalue weighted by Crippen LogP contribution is 2.68. The van der Waals surface area contributed by atoms with Crippen molar-refractivity contribution >= 4 is 0 Å². The molecule has 0 aliphatic heterocycles. The van der Waals surface area contributed by atoms with Crippen LogP contribution in [-0.2, 0) is 0 Å². The van der Waals surface area contributed by atoms with Crippen LogP contribution in [0.15, 0.2) is 0 Å². The normalized spacial score (nSPS) is 49.4. The smallest absolute Gasteiger partial charge is 0.00418 e. The molecule has 1 heteroatoms. The number of hydrogen-bond donors (Lipinski definition) is 1. The van der Waals surface area contributed by atoms with Gasteiger partial charge < -0.3 is 5.73 Å². The van der Waals surface area contributed by atoms with Gasteiger partial charge in [-0.05, 0) is 110 Å². The van der Waals surface area contributed by atoms with E-state index in [1.54, 1.807) is 0 Å². The number of hydrogen-bond acceptors (Lipinski definition) is 1. The Morgan fingerprint density at radius 2 is 1.54 bits per heavy atom. The Morgan fingerprint density at radius 3 is 2.29 bits per heavy atom. The van der Waals surface area contributed by atoms with Gasteiger partial charge in [0.2, 0.25) is 0 Å². The molecule has 0 heterocycles. The highest BCUT2D eigenvalue weighted by molar-refractivity contribution is 5.09. The minimum Gasteiger partial charge on any atom is -0.328 e. The van der Waals surface area contributed by atoms with Crippen LogP contribution in [-0.4, -0.2) is 6.04 Å². The molecule has 1 nitrogen and oxygen atoms in total. The quantitative estimate of drug-likeness (QED) is 0.521. The first-order valence-electron chi connectivity index (χ1n) is 13.0. The lowest BCUT2D eigenvalue weighted by Crippen LogP contribution is -2.54. The molecule has 0 aromatic heterocycles. The number of rotatable bonds is 5. The fraction of sp³-hybridized carbons (Fsp3) is 1.00. The van der Waals surface area contributed by atoms with E-state index in [1.807, 2.05) is 0 Å². The van der Waals surface area contributed by atoms with Crippen LogP contribution in [0.5, 0.6) is 0 Å². The predicted octanol–water partition coefficient (Wildman–Crippen LogP) is 7.44. The molecule has 0 spiro atoms. The minimum absolute atomic E-state index is 0.492. The van der Waals surface area contributed by atoms with E-state index in [1.165, 1.54) is 77.0 Å². The average Bonchev–Trinajstić information content (AvgIpc) is 2.99. The monoisotopic (exact) mass is 387 g/mol. The molecule has 162 valence electrons. The number of fused-ring (bicyclic) bond motifs is 5. The molecule has 4 aliphatic carbocycles. The topological polar surface area (TPSA) is 26.0 Å². The summed E-state index contributed by atoms with van der Waals surface area (Å²) in [7, 11) is 0. The summed E-state index contributed by atoms with van der Waals surface area (Å²) in [4.78, 5) is 0. The van der Waals surface area contributed by atoms with Crippen LogP contribution in [0.2, 0.25) is 0 Å². The lowest BCUT2D eigenvalue weighted by atomic mass is 9.44. The van der Waals surface area contributed by atoms with E-state index in [9.17, 15) is 0 Å². The van der Waals surface area contributed by atoms with Crippen LogP contribution in [0.1, 0.15) is 112 Å². The van der Waals surface area contributed by atoms with E-state index in [4.69, 9.17) is 5.73 Å². The minimum atomic E-state index is 0.492. The Kier molecular flexibility index (Phi) is 5.98. The second kappa shape index (κ2) is 7.90. The SMILES string of the molecule is CC(C)CCC[C@@H](C)[C@H]1CC[C@H]2[C@@H]3CC[C@@H]4C[C@H](N)CC[C@]4(C)[C@H]3CC[C@]12C. The first kappa shape index (κ1) is 21.2. The van der Waals surface area contributed by atoms with Gasteiger partial charge in [-0.1, -0.05) is 53.9 Å². The molecule has 4 aliphatic rings. The summed E-state index contributed by atoms with van der Waals surface area (Å²) in [6.45, 7) is 12.8. The van der Waals surface area contributed by atoms with Crippen molar-refractivity contribution in [1.82, 2.24) is 0 Å². The number of nitrogens with two attached hydrogens (primary N) is 1. The molecule has 2 N–H and O–H groups in total. The Hall–Kier alpha value is -0.0400. The Balaban J connectivity index is 1.46. The van der Waals surface area contributed by atoms with Crippen LogP contribution in [0, 0.1) is 52.3 Å². The summed E-state index contributed by atoms with van der Waals surface area (Å²) >= 11 is 0. The van der Waals surface area contributed by atoms with Crippen LogP contribution in [0.25, 0.3) is 0 Å². The van der Waals surface area contributed by atoms with Crippen molar-refractivity contribution < 1.29 is 0 Å². The molecule has 0 radical (unpaired) electrons. The zero-order chi connectivity index (χ0) is 20.1. The summed E-state index contributed by atoms with van der Waals surface area (Å²) < 4.78 is 0. The molecule has 0 bridgehead atoms. The van der Waals surface area contributed by atoms with E-state index in [-0.39, 0.29) is 0 Å². The third-order valence-electron chi connectivity index (χ3n) is 10.9. The maximum atomic E-state index is 6.39. The average molecular weight is 388 g/mol. The van der Waals surface area contributed by atoms with Gasteiger partial charge in [0.1, 0.15) is 0 Å². The first-order valence-corrected chi connectivity index (χ1v) is 13.0. The maximum absolute atomic E-state index is 6.39. The molecule has 28 heavy (non-hydrogen) atoms. The van der Waals surface area contributed by atoms with Crippen molar-refractivity contribution in [2.45, 2.75) is 118 Å². The molecule has 0 unspecified atom stereocenters. The second-order valence-electron chi connectivity index (χ2n) is 12.7. The third kappa shape index (κ3) is 3.50. The van der Waals surface area contributed by atoms with Crippen molar-refractivity contribution in [2.75, 3.05) is 0 Å². The Morgan fingerprint density at radius 1 is 0.821 bits per heavy atom. The van der Waals surface area contributed by atoms with Gasteiger partial charge in [-0.15, -0.1) is 0 Å². The third-order valence-corrected chi connectivity index (χ3v) is 10.9. The van der Waals surface area contributed by atoms with Gasteiger partial charge in [0.05, 0.1) is 0 Å². The largest absolute Gasteiger partial charge is 0.328 e. The maximum Gasteiger partial charge on any atom is 0.00418 e. The standard InChI is InChI=1S/C27H49N/c1-18(2)7-6-8-19(3)23-11-12-24-22-10-9-20-17-21(28)13-15-26(20,4)25(22)14-16-27(23,24)5/h18-25H,6-17,28H2,1-5H3/t19-,20-,21-,22+,23-,24+,25+,26+,27-/m1/s1. The highest BCUT2D eigenvalue weighted by atomic mass is 14.7. The van der Waals surface area contributed by atoms with E-state index in [2.05, 4.69) is 34.6 Å². The van der Waals surface area contributed by atoms with E-state index in [0.29, 0.717) is 16.9 Å². The summed E-state index contributed by atoms with van der Waals surface area (Å²) in [6, 6.07) is 0.492. The van der Waals surface area contributed by atoms with Crippen molar-refractivity contribution in [1.29, 1.82) is 0 Å². The molecular weight excluding hydrogens is 338 g/mol. The summed E-state index contributed by atoms with van der Waals surface area (Å²) in [5.41, 5.74) is 7.64. The molecule has 4 rings (SSSR count). The van der Waals surface area contributed by atoms with E-state index in [0.717, 1.165) is 41.4 Å². The first-order chi connectivity index (χ1) is 13.3. The predicted molar refractivity (Wildman–Crippen MR) is 121 cm³/mol. The van der Waals surface area contributed by atoms with Gasteiger partial charge in [0.25, 0.3) is 0 Å². The van der Waals surface area contributed by atoms with Gasteiger partial charge in [-0.25, -0.2) is 0 Å². The zero-order valence-corrected chi connectivity index (χ0v) is 19.7. The van der Waals surface area contributed by atoms with E-state index >= 15 is 0 Å². The van der Waals surface area contributed by atoms with Gasteiger partial charge >= 0.3 is 0 Å². The molecule has 4 saturated carbocycles. The molecule has 0 amide bonds. The molecule has 9 atom stereocenters. The van der Waals surface area contributed by atoms with Crippen LogP contribution < -0.4 is 5.73 Å². The zero-order valence-electron chi connectivity index (χ0n) is 19.7. The highest BCUT2D eigenvalue weighted by Gasteiger charge is 2.60. The van der Waals surface area contributed by atoms with Gasteiger partial charge in [0, 0.05) is 6.04 Å². The van der Waals surface area contributed by atoms with E-state index < -0.39 is 0 Å². The molecular formula is C27H49N. The fourth-order valence-electron chi connectivity index (χ4n) is 9.32. The van der Waals surface area contributed by atoms with Crippen LogP contribution in [0.3, 0.4) is 0 Å². The van der Waals surface area contributed by atoms with Crippen LogP contribution in [0.4, 0.5) is 0 Å². The lowest BCUT2D eigenvalue weighted by Gasteiger charge is -2.61. The van der Waals surface area contributed by atoms with Crippen molar-refractivity contribution in [3.05, 3.63) is 0 Å². The molecule has 0 aromatic rings. The second-order valence-corrected chi connectivity index (χ2v) is 12.7.